The summed E-state index contributed by atoms with van der Waals surface area (Å²) in [5.74, 6) is 5.93. The zero-order valence-electron chi connectivity index (χ0n) is 9.30. The minimum atomic E-state index is 0.0210. The molecule has 1 aliphatic rings. The zero-order chi connectivity index (χ0) is 11.4. The summed E-state index contributed by atoms with van der Waals surface area (Å²) in [5.41, 5.74) is 0.665. The van der Waals surface area contributed by atoms with Gasteiger partial charge in [0.05, 0.1) is 11.9 Å². The van der Waals surface area contributed by atoms with E-state index in [4.69, 9.17) is 5.84 Å². The molecule has 0 aliphatic heterocycles. The summed E-state index contributed by atoms with van der Waals surface area (Å²) in [5, 5.41) is 1.24. The van der Waals surface area contributed by atoms with Gasteiger partial charge >= 0.3 is 0 Å². The van der Waals surface area contributed by atoms with Crippen molar-refractivity contribution in [3.63, 3.8) is 0 Å². The molecule has 2 rings (SSSR count). The Bertz CT molecular complexity index is 347. The van der Waals surface area contributed by atoms with Crippen LogP contribution in [-0.2, 0) is 4.79 Å². The monoisotopic (exact) mass is 219 g/mol. The quantitative estimate of drug-likeness (QED) is 0.469. The Hall–Kier alpha value is -1.42. The molecule has 1 amide bonds. The number of hydrogen-bond acceptors (Lipinski definition) is 3. The molecule has 0 unspecified atom stereocenters. The molecule has 4 nitrogen and oxygen atoms in total. The summed E-state index contributed by atoms with van der Waals surface area (Å²) in [7, 11) is 0. The van der Waals surface area contributed by atoms with Crippen LogP contribution >= 0.6 is 0 Å². The maximum atomic E-state index is 12.1. The Morgan fingerprint density at radius 2 is 2.12 bits per heavy atom. The number of nitrogens with two attached hydrogens (primary N) is 1. The van der Waals surface area contributed by atoms with Gasteiger partial charge in [-0.3, -0.25) is 9.78 Å². The minimum absolute atomic E-state index is 0.0210. The van der Waals surface area contributed by atoms with E-state index in [-0.39, 0.29) is 11.8 Å². The van der Waals surface area contributed by atoms with Crippen LogP contribution in [0.1, 0.15) is 32.1 Å². The molecule has 86 valence electrons. The van der Waals surface area contributed by atoms with E-state index < -0.39 is 0 Å². The highest BCUT2D eigenvalue weighted by Gasteiger charge is 2.25. The molecule has 2 N–H and O–H groups in total. The third kappa shape index (κ3) is 2.39. The number of carbonyl (C=O) groups is 1. The van der Waals surface area contributed by atoms with Gasteiger partial charge in [0.1, 0.15) is 0 Å². The molecule has 0 aromatic carbocycles. The van der Waals surface area contributed by atoms with Gasteiger partial charge < -0.3 is 0 Å². The maximum Gasteiger partial charge on any atom is 0.244 e. The van der Waals surface area contributed by atoms with Crippen LogP contribution in [0.3, 0.4) is 0 Å². The summed E-state index contributed by atoms with van der Waals surface area (Å²) in [4.78, 5) is 16.0. The molecule has 0 spiro atoms. The molecule has 1 fully saturated rings. The standard InChI is InChI=1S/C12H17N3O/c13-15(11-7-4-8-14-9-11)12(16)10-5-2-1-3-6-10/h4,7-10H,1-3,5-6,13H2. The topological polar surface area (TPSA) is 59.2 Å². The van der Waals surface area contributed by atoms with Gasteiger partial charge in [0.2, 0.25) is 5.91 Å². The molecule has 0 atom stereocenters. The van der Waals surface area contributed by atoms with Crippen LogP contribution in [0.4, 0.5) is 5.69 Å². The van der Waals surface area contributed by atoms with Gasteiger partial charge in [-0.1, -0.05) is 19.3 Å². The van der Waals surface area contributed by atoms with E-state index in [2.05, 4.69) is 4.98 Å². The Balaban J connectivity index is 2.04. The van der Waals surface area contributed by atoms with E-state index in [0.717, 1.165) is 25.7 Å². The molecule has 1 heterocycles. The van der Waals surface area contributed by atoms with E-state index in [0.29, 0.717) is 5.69 Å². The molecule has 1 aromatic rings. The van der Waals surface area contributed by atoms with Gasteiger partial charge in [0.15, 0.2) is 0 Å². The van der Waals surface area contributed by atoms with Gasteiger partial charge in [0, 0.05) is 12.1 Å². The van der Waals surface area contributed by atoms with E-state index in [1.54, 1.807) is 24.5 Å². The van der Waals surface area contributed by atoms with E-state index in [9.17, 15) is 4.79 Å². The first-order valence-electron chi connectivity index (χ1n) is 5.78. The maximum absolute atomic E-state index is 12.1. The highest BCUT2D eigenvalue weighted by Crippen LogP contribution is 2.26. The fourth-order valence-electron chi connectivity index (χ4n) is 2.17. The highest BCUT2D eigenvalue weighted by atomic mass is 16.2. The average molecular weight is 219 g/mol. The Labute approximate surface area is 95.4 Å². The highest BCUT2D eigenvalue weighted by molar-refractivity contribution is 5.93. The van der Waals surface area contributed by atoms with Crippen molar-refractivity contribution in [3.8, 4) is 0 Å². The molecule has 0 saturated heterocycles. The van der Waals surface area contributed by atoms with Crippen molar-refractivity contribution >= 4 is 11.6 Å². The molecular weight excluding hydrogens is 202 g/mol. The number of hydrogen-bond donors (Lipinski definition) is 1. The lowest BCUT2D eigenvalue weighted by molar-refractivity contribution is -0.123. The largest absolute Gasteiger partial charge is 0.273 e. The predicted octanol–water partition coefficient (Wildman–Crippen LogP) is 1.87. The van der Waals surface area contributed by atoms with Gasteiger partial charge in [-0.2, -0.15) is 0 Å². The number of hydrazine groups is 1. The SMILES string of the molecule is NN(C(=O)C1CCCCC1)c1cccnc1. The summed E-state index contributed by atoms with van der Waals surface area (Å²) >= 11 is 0. The van der Waals surface area contributed by atoms with Crippen LogP contribution in [0.5, 0.6) is 0 Å². The molecule has 1 aliphatic carbocycles. The van der Waals surface area contributed by atoms with E-state index >= 15 is 0 Å². The van der Waals surface area contributed by atoms with Crippen molar-refractivity contribution in [2.75, 3.05) is 5.01 Å². The van der Waals surface area contributed by atoms with Crippen molar-refractivity contribution in [3.05, 3.63) is 24.5 Å². The summed E-state index contributed by atoms with van der Waals surface area (Å²) in [6.07, 6.45) is 8.72. The molecule has 1 saturated carbocycles. The number of carbonyl (C=O) groups excluding carboxylic acids is 1. The summed E-state index contributed by atoms with van der Waals surface area (Å²) in [6, 6.07) is 3.58. The summed E-state index contributed by atoms with van der Waals surface area (Å²) in [6.45, 7) is 0. The second-order valence-corrected chi connectivity index (χ2v) is 4.25. The molecular formula is C12H17N3O. The Morgan fingerprint density at radius 3 is 2.75 bits per heavy atom. The lowest BCUT2D eigenvalue weighted by atomic mass is 9.88. The van der Waals surface area contributed by atoms with Crippen molar-refractivity contribution in [1.82, 2.24) is 4.98 Å². The number of amides is 1. The number of aromatic nitrogens is 1. The van der Waals surface area contributed by atoms with Crippen molar-refractivity contribution < 1.29 is 4.79 Å². The fraction of sp³-hybridized carbons (Fsp3) is 0.500. The number of rotatable bonds is 2. The zero-order valence-corrected chi connectivity index (χ0v) is 9.30. The van der Waals surface area contributed by atoms with Crippen LogP contribution in [0.2, 0.25) is 0 Å². The van der Waals surface area contributed by atoms with Crippen LogP contribution in [-0.4, -0.2) is 10.9 Å². The third-order valence-corrected chi connectivity index (χ3v) is 3.12. The first-order valence-corrected chi connectivity index (χ1v) is 5.78. The van der Waals surface area contributed by atoms with E-state index in [1.807, 2.05) is 0 Å². The van der Waals surface area contributed by atoms with Gasteiger partial charge in [-0.25, -0.2) is 10.9 Å². The Kier molecular flexibility index (Phi) is 3.51. The lowest BCUT2D eigenvalue weighted by Crippen LogP contribution is -2.42. The molecule has 0 radical (unpaired) electrons. The number of pyridine rings is 1. The molecule has 0 bridgehead atoms. The van der Waals surface area contributed by atoms with Gasteiger partial charge in [-0.05, 0) is 25.0 Å². The normalized spacial score (nSPS) is 17.1. The molecule has 16 heavy (non-hydrogen) atoms. The summed E-state index contributed by atoms with van der Waals surface area (Å²) < 4.78 is 0. The first-order chi connectivity index (χ1) is 7.79. The lowest BCUT2D eigenvalue weighted by Gasteiger charge is -2.25. The van der Waals surface area contributed by atoms with Crippen LogP contribution in [0.25, 0.3) is 0 Å². The fourth-order valence-corrected chi connectivity index (χ4v) is 2.17. The van der Waals surface area contributed by atoms with Crippen LogP contribution in [0.15, 0.2) is 24.5 Å². The Morgan fingerprint density at radius 1 is 1.38 bits per heavy atom. The van der Waals surface area contributed by atoms with Crippen molar-refractivity contribution in [2.45, 2.75) is 32.1 Å². The third-order valence-electron chi connectivity index (χ3n) is 3.12. The van der Waals surface area contributed by atoms with Gasteiger partial charge in [0.25, 0.3) is 0 Å². The average Bonchev–Trinajstić information content (AvgIpc) is 2.39. The van der Waals surface area contributed by atoms with Crippen LogP contribution in [0, 0.1) is 5.92 Å². The first kappa shape index (κ1) is 11.1. The van der Waals surface area contributed by atoms with Crippen LogP contribution < -0.4 is 10.9 Å². The second-order valence-electron chi connectivity index (χ2n) is 4.25. The second kappa shape index (κ2) is 5.07. The van der Waals surface area contributed by atoms with E-state index in [1.165, 1.54) is 11.4 Å². The minimum Gasteiger partial charge on any atom is -0.273 e. The van der Waals surface area contributed by atoms with Crippen molar-refractivity contribution in [1.29, 1.82) is 0 Å². The molecule has 1 aromatic heterocycles. The number of anilines is 1. The molecule has 4 heteroatoms. The smallest absolute Gasteiger partial charge is 0.244 e. The van der Waals surface area contributed by atoms with Crippen molar-refractivity contribution in [2.24, 2.45) is 11.8 Å². The predicted molar refractivity (Wildman–Crippen MR) is 62.5 cm³/mol. The van der Waals surface area contributed by atoms with Gasteiger partial charge in [-0.15, -0.1) is 0 Å². The number of nitrogens with zero attached hydrogens (tertiary/aromatic N) is 2.